The number of halogens is 5. The summed E-state index contributed by atoms with van der Waals surface area (Å²) in [6.45, 7) is 0.778. The summed E-state index contributed by atoms with van der Waals surface area (Å²) < 4.78 is 42.7. The Morgan fingerprint density at radius 3 is 1.46 bits per heavy atom. The molecule has 8 rings (SSSR count). The van der Waals surface area contributed by atoms with Crippen LogP contribution in [-0.4, -0.2) is 95.8 Å². The summed E-state index contributed by atoms with van der Waals surface area (Å²) in [7, 11) is 0. The second-order valence-electron chi connectivity index (χ2n) is 11.2. The lowest BCUT2D eigenvalue weighted by Gasteiger charge is -2.05. The molecule has 0 amide bonds. The molecule has 7 aromatic rings. The number of aromatic carboxylic acids is 4. The zero-order valence-corrected chi connectivity index (χ0v) is 33.7. The van der Waals surface area contributed by atoms with Crippen molar-refractivity contribution in [2.75, 3.05) is 6.54 Å². The van der Waals surface area contributed by atoms with Gasteiger partial charge in [0.1, 0.15) is 17.5 Å². The molecule has 4 N–H and O–H groups in total. The summed E-state index contributed by atoms with van der Waals surface area (Å²) in [4.78, 5) is 43.8. The van der Waals surface area contributed by atoms with E-state index in [0.717, 1.165) is 24.7 Å². The van der Waals surface area contributed by atoms with Crippen molar-refractivity contribution in [2.45, 2.75) is 0 Å². The molecule has 4 heterocycles. The molecule has 61 heavy (non-hydrogen) atoms. The van der Waals surface area contributed by atoms with E-state index in [2.05, 4.69) is 72.9 Å². The molecule has 0 saturated heterocycles. The second kappa shape index (κ2) is 22.4. The van der Waals surface area contributed by atoms with Gasteiger partial charge in [0.05, 0.1) is 83.0 Å². The number of rotatable bonds is 7. The van der Waals surface area contributed by atoms with E-state index in [1.165, 1.54) is 81.4 Å². The lowest BCUT2D eigenvalue weighted by molar-refractivity contribution is 0.0680. The molecule has 0 fully saturated rings. The molecule has 0 atom stereocenters. The molecule has 1 aliphatic rings. The number of nitrogens with zero attached hydrogens (tertiary/aromatic N) is 11. The fourth-order valence-corrected chi connectivity index (χ4v) is 5.15. The minimum atomic E-state index is -1.32. The van der Waals surface area contributed by atoms with Gasteiger partial charge in [-0.15, -0.1) is 10.2 Å². The first-order chi connectivity index (χ1) is 29.2. The van der Waals surface area contributed by atoms with Crippen LogP contribution >= 0.6 is 31.9 Å². The maximum atomic E-state index is 13.0. The quantitative estimate of drug-likeness (QED) is 0.123. The zero-order valence-electron chi connectivity index (χ0n) is 30.5. The summed E-state index contributed by atoms with van der Waals surface area (Å²) in [6, 6.07) is 16.1. The largest absolute Gasteiger partial charge is 0.478 e. The Morgan fingerprint density at radius 1 is 0.557 bits per heavy atom. The van der Waals surface area contributed by atoms with Crippen molar-refractivity contribution in [3.8, 4) is 17.1 Å². The minimum absolute atomic E-state index is 0.176. The van der Waals surface area contributed by atoms with Crippen molar-refractivity contribution < 1.29 is 52.8 Å². The van der Waals surface area contributed by atoms with Crippen molar-refractivity contribution in [3.05, 3.63) is 171 Å². The van der Waals surface area contributed by atoms with Crippen molar-refractivity contribution >= 4 is 55.7 Å². The van der Waals surface area contributed by atoms with Gasteiger partial charge in [-0.05, 0) is 78.9 Å². The van der Waals surface area contributed by atoms with Gasteiger partial charge >= 0.3 is 23.9 Å². The van der Waals surface area contributed by atoms with E-state index in [9.17, 15) is 32.3 Å². The van der Waals surface area contributed by atoms with Gasteiger partial charge < -0.3 is 20.4 Å². The predicted molar refractivity (Wildman–Crippen MR) is 212 cm³/mol. The highest BCUT2D eigenvalue weighted by Crippen LogP contribution is 2.20. The SMILES string of the molecule is C1=CN=NC1.O=C(O)c1cc(-n2ccnn2)ccc1F.O=C(O)c1cc(-n2nccn2)ccc1F.O=C(O)c1cc(Br)ccc1-n1ccnn1.O=C(O)c1cc(Br)ccc1F. The average molecular weight is 969 g/mol. The summed E-state index contributed by atoms with van der Waals surface area (Å²) in [5, 5.41) is 64.2. The molecule has 0 bridgehead atoms. The molecule has 4 aromatic carbocycles. The molecule has 0 unspecified atom stereocenters. The Balaban J connectivity index is 0.000000173. The normalized spacial score (nSPS) is 10.7. The van der Waals surface area contributed by atoms with Gasteiger partial charge in [-0.2, -0.15) is 25.2 Å². The lowest BCUT2D eigenvalue weighted by Crippen LogP contribution is -2.06. The second-order valence-corrected chi connectivity index (χ2v) is 13.0. The molecular formula is C37H26Br2F3N11O8. The van der Waals surface area contributed by atoms with Crippen LogP contribution in [0.5, 0.6) is 0 Å². The predicted octanol–water partition coefficient (Wildman–Crippen LogP) is 7.19. The summed E-state index contributed by atoms with van der Waals surface area (Å²) in [5.74, 6) is -7.16. The molecule has 312 valence electrons. The highest BCUT2D eigenvalue weighted by molar-refractivity contribution is 9.10. The van der Waals surface area contributed by atoms with Crippen LogP contribution in [0, 0.1) is 17.5 Å². The third-order valence-corrected chi connectivity index (χ3v) is 8.14. The van der Waals surface area contributed by atoms with E-state index < -0.39 is 46.9 Å². The van der Waals surface area contributed by atoms with Gasteiger partial charge in [-0.1, -0.05) is 42.3 Å². The van der Waals surface area contributed by atoms with Crippen LogP contribution in [0.25, 0.3) is 17.1 Å². The third kappa shape index (κ3) is 13.7. The highest BCUT2D eigenvalue weighted by atomic mass is 79.9. The Morgan fingerprint density at radius 2 is 1.02 bits per heavy atom. The molecule has 24 heteroatoms. The number of carboxylic acids is 4. The van der Waals surface area contributed by atoms with E-state index in [0.29, 0.717) is 26.0 Å². The van der Waals surface area contributed by atoms with E-state index in [-0.39, 0.29) is 16.7 Å². The van der Waals surface area contributed by atoms with Crippen LogP contribution in [0.3, 0.4) is 0 Å². The van der Waals surface area contributed by atoms with Crippen molar-refractivity contribution in [1.29, 1.82) is 0 Å². The maximum Gasteiger partial charge on any atom is 0.338 e. The third-order valence-electron chi connectivity index (χ3n) is 7.16. The number of carboxylic acid groups (broad SMARTS) is 4. The lowest BCUT2D eigenvalue weighted by atomic mass is 10.2. The number of carbonyl (C=O) groups is 4. The topological polar surface area (TPSA) is 266 Å². The number of benzene rings is 4. The molecule has 0 radical (unpaired) electrons. The van der Waals surface area contributed by atoms with Crippen LogP contribution in [0.4, 0.5) is 13.2 Å². The molecule has 0 aliphatic carbocycles. The van der Waals surface area contributed by atoms with E-state index in [4.69, 9.17) is 20.4 Å². The van der Waals surface area contributed by atoms with Gasteiger partial charge in [0, 0.05) is 15.1 Å². The average Bonchev–Trinajstić information content (AvgIpc) is 4.09. The monoisotopic (exact) mass is 967 g/mol. The molecule has 19 nitrogen and oxygen atoms in total. The zero-order chi connectivity index (χ0) is 44.5. The van der Waals surface area contributed by atoms with Crippen molar-refractivity contribution in [3.63, 3.8) is 0 Å². The fraction of sp³-hybridized carbons (Fsp3) is 0.0270. The van der Waals surface area contributed by atoms with E-state index in [1.54, 1.807) is 30.7 Å². The summed E-state index contributed by atoms with van der Waals surface area (Å²) in [5.41, 5.74) is 0.412. The number of hydrogen-bond acceptors (Lipinski definition) is 12. The highest BCUT2D eigenvalue weighted by Gasteiger charge is 2.14. The molecule has 1 aliphatic heterocycles. The number of azo groups is 1. The van der Waals surface area contributed by atoms with Gasteiger partial charge in [0.2, 0.25) is 0 Å². The van der Waals surface area contributed by atoms with E-state index in [1.807, 2.05) is 6.08 Å². The van der Waals surface area contributed by atoms with Crippen LogP contribution in [0.1, 0.15) is 41.4 Å². The standard InChI is InChI=1S/C9H6BrN3O2.2C9H6FN3O2.C7H4BrFO2.C3H4N2/c10-6-1-2-8(7(5-6)9(14)15)13-4-3-11-12-13;10-8-2-1-6(5-7(8)9(14)15)13-4-3-11-12-13;10-8-2-1-6(5-7(8)9(14)15)13-11-3-4-12-13;8-4-1-2-6(9)5(3-4)7(10)11;1-2-4-5-3-1/h3*1-5H,(H,14,15);1-3H,(H,10,11);1-2H,3H2. The van der Waals surface area contributed by atoms with Crippen LogP contribution < -0.4 is 0 Å². The van der Waals surface area contributed by atoms with Gasteiger partial charge in [-0.25, -0.2) is 41.7 Å². The van der Waals surface area contributed by atoms with Crippen molar-refractivity contribution in [1.82, 2.24) is 45.0 Å². The molecule has 3 aromatic heterocycles. The minimum Gasteiger partial charge on any atom is -0.478 e. The molecule has 0 saturated carbocycles. The van der Waals surface area contributed by atoms with Crippen LogP contribution in [-0.2, 0) is 0 Å². The Bertz CT molecular complexity index is 2560. The number of hydrogen-bond donors (Lipinski definition) is 4. The van der Waals surface area contributed by atoms with Crippen LogP contribution in [0.2, 0.25) is 0 Å². The van der Waals surface area contributed by atoms with Gasteiger partial charge in [0.25, 0.3) is 0 Å². The first-order valence-electron chi connectivity index (χ1n) is 16.5. The Labute approximate surface area is 357 Å². The number of aromatic nitrogens is 9. The molecular weight excluding hydrogens is 943 g/mol. The van der Waals surface area contributed by atoms with E-state index >= 15 is 0 Å². The Kier molecular flexibility index (Phi) is 16.9. The Hall–Kier alpha value is -7.73. The summed E-state index contributed by atoms with van der Waals surface area (Å²) in [6.07, 6.45) is 12.6. The fourth-order valence-electron chi connectivity index (χ4n) is 4.43. The van der Waals surface area contributed by atoms with Gasteiger partial charge in [0.15, 0.2) is 0 Å². The smallest absolute Gasteiger partial charge is 0.338 e. The van der Waals surface area contributed by atoms with Crippen LogP contribution in [0.15, 0.2) is 141 Å². The first kappa shape index (κ1) is 46.0. The van der Waals surface area contributed by atoms with Gasteiger partial charge in [-0.3, -0.25) is 0 Å². The molecule has 0 spiro atoms. The maximum absolute atomic E-state index is 13.0. The first-order valence-corrected chi connectivity index (χ1v) is 18.1. The summed E-state index contributed by atoms with van der Waals surface area (Å²) >= 11 is 6.25. The van der Waals surface area contributed by atoms with Crippen molar-refractivity contribution in [2.24, 2.45) is 10.2 Å².